The maximum atomic E-state index is 5.49. The Morgan fingerprint density at radius 3 is 3.15 bits per heavy atom. The largest absolute Gasteiger partial charge is 0.363 e. The van der Waals surface area contributed by atoms with E-state index in [-0.39, 0.29) is 0 Å². The Morgan fingerprint density at radius 1 is 1.30 bits per heavy atom. The van der Waals surface area contributed by atoms with Crippen LogP contribution in [0.4, 0.5) is 11.6 Å². The van der Waals surface area contributed by atoms with E-state index in [1.165, 1.54) is 32.4 Å². The fourth-order valence-corrected chi connectivity index (χ4v) is 3.52. The topological polar surface area (TPSA) is 83.5 Å². The number of nitrogen functional groups attached to an aromatic ring is 1. The SMILES string of the molecule is NNc1cn2ccnc2c(NC2CCN3CCCC23)n1. The van der Waals surface area contributed by atoms with Gasteiger partial charge in [-0.1, -0.05) is 0 Å². The van der Waals surface area contributed by atoms with Crippen molar-refractivity contribution in [1.29, 1.82) is 0 Å². The molecule has 2 saturated heterocycles. The summed E-state index contributed by atoms with van der Waals surface area (Å²) in [5, 5.41) is 3.58. The van der Waals surface area contributed by atoms with Crippen LogP contribution in [0.15, 0.2) is 18.6 Å². The molecular weight excluding hydrogens is 254 g/mol. The lowest BCUT2D eigenvalue weighted by Gasteiger charge is -2.22. The van der Waals surface area contributed by atoms with Crippen LogP contribution in [0.1, 0.15) is 19.3 Å². The Bertz CT molecular complexity index is 622. The standard InChI is InChI=1S/C13H19N7/c14-18-11-8-20-7-4-15-13(20)12(17-11)16-9-3-6-19-5-1-2-10(9)19/h4,7-10,18H,1-3,5-6,14H2,(H,16,17). The summed E-state index contributed by atoms with van der Waals surface area (Å²) in [7, 11) is 0. The highest BCUT2D eigenvalue weighted by atomic mass is 15.3. The molecule has 2 aliphatic heterocycles. The molecule has 2 aliphatic rings. The van der Waals surface area contributed by atoms with Gasteiger partial charge in [-0.25, -0.2) is 15.8 Å². The second kappa shape index (κ2) is 4.60. The number of anilines is 2. The molecule has 7 heteroatoms. The number of hydrogen-bond acceptors (Lipinski definition) is 6. The summed E-state index contributed by atoms with van der Waals surface area (Å²) in [5.74, 6) is 6.94. The van der Waals surface area contributed by atoms with Gasteiger partial charge in [-0.2, -0.15) is 0 Å². The Balaban J connectivity index is 1.66. The molecule has 0 saturated carbocycles. The third-order valence-corrected chi connectivity index (χ3v) is 4.45. The van der Waals surface area contributed by atoms with E-state index in [9.17, 15) is 0 Å². The summed E-state index contributed by atoms with van der Waals surface area (Å²) in [4.78, 5) is 11.5. The van der Waals surface area contributed by atoms with Gasteiger partial charge in [0.05, 0.1) is 6.20 Å². The van der Waals surface area contributed by atoms with Crippen LogP contribution in [0.5, 0.6) is 0 Å². The zero-order valence-corrected chi connectivity index (χ0v) is 11.3. The van der Waals surface area contributed by atoms with Gasteiger partial charge >= 0.3 is 0 Å². The van der Waals surface area contributed by atoms with Crippen molar-refractivity contribution in [3.05, 3.63) is 18.6 Å². The average molecular weight is 273 g/mol. The number of fused-ring (bicyclic) bond motifs is 2. The molecule has 4 N–H and O–H groups in total. The normalized spacial score (nSPS) is 26.1. The van der Waals surface area contributed by atoms with Crippen LogP contribution in [0, 0.1) is 0 Å². The van der Waals surface area contributed by atoms with E-state index < -0.39 is 0 Å². The first-order valence-corrected chi connectivity index (χ1v) is 7.16. The van der Waals surface area contributed by atoms with Crippen LogP contribution >= 0.6 is 0 Å². The third kappa shape index (κ3) is 1.82. The van der Waals surface area contributed by atoms with Gasteiger partial charge in [0.15, 0.2) is 17.3 Å². The van der Waals surface area contributed by atoms with Crippen LogP contribution in [-0.4, -0.2) is 44.4 Å². The van der Waals surface area contributed by atoms with Crippen molar-refractivity contribution in [1.82, 2.24) is 19.3 Å². The highest BCUT2D eigenvalue weighted by Gasteiger charge is 2.37. The zero-order valence-electron chi connectivity index (χ0n) is 11.3. The van der Waals surface area contributed by atoms with E-state index in [4.69, 9.17) is 5.84 Å². The Labute approximate surface area is 117 Å². The molecule has 2 aromatic rings. The van der Waals surface area contributed by atoms with Gasteiger partial charge in [0, 0.05) is 31.0 Å². The number of rotatable bonds is 3. The Kier molecular flexibility index (Phi) is 2.75. The molecule has 2 atom stereocenters. The van der Waals surface area contributed by atoms with Crippen molar-refractivity contribution in [3.63, 3.8) is 0 Å². The lowest BCUT2D eigenvalue weighted by atomic mass is 10.1. The second-order valence-electron chi connectivity index (χ2n) is 5.56. The number of aromatic nitrogens is 3. The summed E-state index contributed by atoms with van der Waals surface area (Å²) in [6.07, 6.45) is 9.26. The van der Waals surface area contributed by atoms with Gasteiger partial charge in [-0.05, 0) is 25.8 Å². The van der Waals surface area contributed by atoms with E-state index in [1.807, 2.05) is 16.8 Å². The first-order valence-electron chi connectivity index (χ1n) is 7.16. The molecular formula is C13H19N7. The number of hydrazine groups is 1. The lowest BCUT2D eigenvalue weighted by molar-refractivity contribution is 0.318. The summed E-state index contributed by atoms with van der Waals surface area (Å²) < 4.78 is 1.94. The molecule has 0 amide bonds. The van der Waals surface area contributed by atoms with Crippen molar-refractivity contribution >= 4 is 17.3 Å². The summed E-state index contributed by atoms with van der Waals surface area (Å²) in [6, 6.07) is 1.10. The van der Waals surface area contributed by atoms with E-state index in [2.05, 4.69) is 25.6 Å². The molecule has 4 rings (SSSR count). The minimum absolute atomic E-state index is 0.457. The quantitative estimate of drug-likeness (QED) is 0.563. The first kappa shape index (κ1) is 11.9. The van der Waals surface area contributed by atoms with Crippen LogP contribution in [0.25, 0.3) is 5.65 Å². The van der Waals surface area contributed by atoms with Crippen LogP contribution in [0.3, 0.4) is 0 Å². The van der Waals surface area contributed by atoms with Crippen molar-refractivity contribution in [2.45, 2.75) is 31.3 Å². The zero-order chi connectivity index (χ0) is 13.5. The fourth-order valence-electron chi connectivity index (χ4n) is 3.52. The maximum absolute atomic E-state index is 5.49. The predicted octanol–water partition coefficient (Wildman–Crippen LogP) is 0.663. The smallest absolute Gasteiger partial charge is 0.180 e. The number of imidazole rings is 1. The minimum Gasteiger partial charge on any atom is -0.363 e. The number of hydrogen-bond donors (Lipinski definition) is 3. The molecule has 4 heterocycles. The Morgan fingerprint density at radius 2 is 2.25 bits per heavy atom. The minimum atomic E-state index is 0.457. The van der Waals surface area contributed by atoms with Gasteiger partial charge in [0.25, 0.3) is 0 Å². The monoisotopic (exact) mass is 273 g/mol. The van der Waals surface area contributed by atoms with Gasteiger partial charge < -0.3 is 15.1 Å². The lowest BCUT2D eigenvalue weighted by Crippen LogP contribution is -2.34. The molecule has 0 aromatic carbocycles. The van der Waals surface area contributed by atoms with E-state index in [1.54, 1.807) is 6.20 Å². The highest BCUT2D eigenvalue weighted by Crippen LogP contribution is 2.30. The van der Waals surface area contributed by atoms with Crippen LogP contribution in [-0.2, 0) is 0 Å². The molecule has 2 aromatic heterocycles. The highest BCUT2D eigenvalue weighted by molar-refractivity contribution is 5.65. The maximum Gasteiger partial charge on any atom is 0.180 e. The average Bonchev–Trinajstić information content (AvgIpc) is 3.15. The Hall–Kier alpha value is -1.86. The molecule has 7 nitrogen and oxygen atoms in total. The van der Waals surface area contributed by atoms with Crippen LogP contribution in [0.2, 0.25) is 0 Å². The molecule has 0 bridgehead atoms. The van der Waals surface area contributed by atoms with Crippen molar-refractivity contribution in [3.8, 4) is 0 Å². The summed E-state index contributed by atoms with van der Waals surface area (Å²) in [5.41, 5.74) is 3.46. The van der Waals surface area contributed by atoms with Crippen LogP contribution < -0.4 is 16.6 Å². The van der Waals surface area contributed by atoms with E-state index >= 15 is 0 Å². The molecule has 20 heavy (non-hydrogen) atoms. The molecule has 0 spiro atoms. The molecule has 106 valence electrons. The number of nitrogens with one attached hydrogen (secondary N) is 2. The molecule has 0 aliphatic carbocycles. The number of nitrogens with zero attached hydrogens (tertiary/aromatic N) is 4. The van der Waals surface area contributed by atoms with Gasteiger partial charge in [-0.3, -0.25) is 4.90 Å². The van der Waals surface area contributed by atoms with Gasteiger partial charge in [0.2, 0.25) is 0 Å². The van der Waals surface area contributed by atoms with Gasteiger partial charge in [0.1, 0.15) is 0 Å². The van der Waals surface area contributed by atoms with Crippen molar-refractivity contribution in [2.75, 3.05) is 23.8 Å². The summed E-state index contributed by atoms with van der Waals surface area (Å²) >= 11 is 0. The third-order valence-electron chi connectivity index (χ3n) is 4.45. The fraction of sp³-hybridized carbons (Fsp3) is 0.538. The molecule has 2 unspecified atom stereocenters. The summed E-state index contributed by atoms with van der Waals surface area (Å²) in [6.45, 7) is 2.42. The predicted molar refractivity (Wildman–Crippen MR) is 77.4 cm³/mol. The van der Waals surface area contributed by atoms with Crippen molar-refractivity contribution in [2.24, 2.45) is 5.84 Å². The van der Waals surface area contributed by atoms with E-state index in [0.717, 1.165) is 11.5 Å². The molecule has 0 radical (unpaired) electrons. The second-order valence-corrected chi connectivity index (χ2v) is 5.56. The first-order chi connectivity index (χ1) is 9.85. The molecule has 2 fully saturated rings. The van der Waals surface area contributed by atoms with E-state index in [0.29, 0.717) is 17.9 Å². The number of nitrogens with two attached hydrogens (primary N) is 1. The van der Waals surface area contributed by atoms with Gasteiger partial charge in [-0.15, -0.1) is 0 Å². The van der Waals surface area contributed by atoms with Crippen molar-refractivity contribution < 1.29 is 0 Å².